The summed E-state index contributed by atoms with van der Waals surface area (Å²) < 4.78 is 5.23. The van der Waals surface area contributed by atoms with Gasteiger partial charge in [0.25, 0.3) is 4.84 Å². The van der Waals surface area contributed by atoms with E-state index in [1.165, 1.54) is 11.1 Å². The Morgan fingerprint density at radius 1 is 1.37 bits per heavy atom. The Bertz CT molecular complexity index is 575. The summed E-state index contributed by atoms with van der Waals surface area (Å²) >= 11 is 6.65. The first kappa shape index (κ1) is 14.3. The third-order valence-corrected chi connectivity index (χ3v) is 4.02. The minimum atomic E-state index is 0.348. The fourth-order valence-corrected chi connectivity index (χ4v) is 2.94. The summed E-state index contributed by atoms with van der Waals surface area (Å²) in [6.45, 7) is 4.47. The van der Waals surface area contributed by atoms with Crippen molar-refractivity contribution in [2.75, 3.05) is 5.75 Å². The van der Waals surface area contributed by atoms with Gasteiger partial charge in [0.05, 0.1) is 5.75 Å². The average molecular weight is 294 g/mol. The fraction of sp³-hybridized carbons (Fsp3) is 0.429. The van der Waals surface area contributed by atoms with Crippen LogP contribution in [0.4, 0.5) is 0 Å². The molecule has 1 aromatic heterocycles. The van der Waals surface area contributed by atoms with Gasteiger partial charge in [-0.3, -0.25) is 0 Å². The topological polar surface area (TPSA) is 41.8 Å². The number of hydrogen-bond donors (Lipinski definition) is 1. The van der Waals surface area contributed by atoms with Crippen molar-refractivity contribution < 1.29 is 4.42 Å². The molecule has 0 unspecified atom stereocenters. The van der Waals surface area contributed by atoms with Crippen molar-refractivity contribution in [2.45, 2.75) is 31.9 Å². The van der Waals surface area contributed by atoms with Crippen molar-refractivity contribution in [3.63, 3.8) is 0 Å². The van der Waals surface area contributed by atoms with Crippen molar-refractivity contribution >= 4 is 24.0 Å². The monoisotopic (exact) mass is 294 g/mol. The lowest BCUT2D eigenvalue weighted by Crippen LogP contribution is -1.98. The predicted molar refractivity (Wildman–Crippen MR) is 82.1 cm³/mol. The van der Waals surface area contributed by atoms with E-state index in [4.69, 9.17) is 16.6 Å². The van der Waals surface area contributed by atoms with E-state index in [1.54, 1.807) is 0 Å². The SMILES string of the molecule is CC(C)c1ccccc1CCSCc1n[nH]c(=S)o1. The van der Waals surface area contributed by atoms with Crippen molar-refractivity contribution in [2.24, 2.45) is 0 Å². The molecule has 0 radical (unpaired) electrons. The largest absolute Gasteiger partial charge is 0.413 e. The number of nitrogens with zero attached hydrogens (tertiary/aromatic N) is 1. The Balaban J connectivity index is 1.84. The van der Waals surface area contributed by atoms with Crippen LogP contribution in [0.3, 0.4) is 0 Å². The molecule has 2 rings (SSSR count). The van der Waals surface area contributed by atoms with E-state index in [0.29, 0.717) is 16.6 Å². The Hall–Kier alpha value is -1.07. The highest BCUT2D eigenvalue weighted by molar-refractivity contribution is 7.98. The van der Waals surface area contributed by atoms with Gasteiger partial charge in [-0.05, 0) is 41.4 Å². The lowest BCUT2D eigenvalue weighted by atomic mass is 9.96. The zero-order chi connectivity index (χ0) is 13.7. The summed E-state index contributed by atoms with van der Waals surface area (Å²) in [7, 11) is 0. The molecule has 0 amide bonds. The van der Waals surface area contributed by atoms with Crippen molar-refractivity contribution in [1.82, 2.24) is 10.2 Å². The van der Waals surface area contributed by atoms with Crippen LogP contribution in [0.5, 0.6) is 0 Å². The van der Waals surface area contributed by atoms with Gasteiger partial charge in [-0.15, -0.1) is 5.10 Å². The molecule has 1 heterocycles. The number of aryl methyl sites for hydroxylation is 1. The quantitative estimate of drug-likeness (QED) is 0.636. The van der Waals surface area contributed by atoms with Crippen LogP contribution in [0, 0.1) is 4.84 Å². The van der Waals surface area contributed by atoms with Crippen LogP contribution in [-0.4, -0.2) is 16.0 Å². The number of thioether (sulfide) groups is 1. The molecule has 0 saturated carbocycles. The molecule has 19 heavy (non-hydrogen) atoms. The predicted octanol–water partition coefficient (Wildman–Crippen LogP) is 4.33. The van der Waals surface area contributed by atoms with Gasteiger partial charge in [-0.25, -0.2) is 5.10 Å². The maximum atomic E-state index is 5.23. The second-order valence-electron chi connectivity index (χ2n) is 4.66. The first-order valence-corrected chi connectivity index (χ1v) is 7.93. The fourth-order valence-electron chi connectivity index (χ4n) is 1.99. The lowest BCUT2D eigenvalue weighted by Gasteiger charge is -2.11. The van der Waals surface area contributed by atoms with E-state index in [-0.39, 0.29) is 0 Å². The molecule has 5 heteroatoms. The molecule has 1 aromatic carbocycles. The van der Waals surface area contributed by atoms with Gasteiger partial charge in [0, 0.05) is 0 Å². The minimum Gasteiger partial charge on any atom is -0.413 e. The lowest BCUT2D eigenvalue weighted by molar-refractivity contribution is 0.500. The normalized spacial score (nSPS) is 11.1. The van der Waals surface area contributed by atoms with Crippen LogP contribution in [0.25, 0.3) is 0 Å². The molecule has 3 nitrogen and oxygen atoms in total. The highest BCUT2D eigenvalue weighted by Gasteiger charge is 2.06. The Morgan fingerprint density at radius 2 is 2.16 bits per heavy atom. The first-order valence-electron chi connectivity index (χ1n) is 6.36. The minimum absolute atomic E-state index is 0.348. The average Bonchev–Trinajstić information content (AvgIpc) is 2.81. The van der Waals surface area contributed by atoms with Crippen LogP contribution < -0.4 is 0 Å². The Morgan fingerprint density at radius 3 is 2.84 bits per heavy atom. The number of H-pyrrole nitrogens is 1. The van der Waals surface area contributed by atoms with Gasteiger partial charge in [0.1, 0.15) is 0 Å². The molecule has 0 atom stereocenters. The second-order valence-corrected chi connectivity index (χ2v) is 6.14. The maximum absolute atomic E-state index is 5.23. The summed E-state index contributed by atoms with van der Waals surface area (Å²) in [4.78, 5) is 0.348. The van der Waals surface area contributed by atoms with Crippen LogP contribution >= 0.6 is 24.0 Å². The Kier molecular flexibility index (Phi) is 5.22. The van der Waals surface area contributed by atoms with Crippen LogP contribution in [-0.2, 0) is 12.2 Å². The summed E-state index contributed by atoms with van der Waals surface area (Å²) in [6, 6.07) is 8.66. The third-order valence-electron chi connectivity index (χ3n) is 2.90. The van der Waals surface area contributed by atoms with Crippen LogP contribution in [0.2, 0.25) is 0 Å². The second kappa shape index (κ2) is 6.91. The van der Waals surface area contributed by atoms with Gasteiger partial charge in [0.15, 0.2) is 0 Å². The highest BCUT2D eigenvalue weighted by atomic mass is 32.2. The number of benzene rings is 1. The molecule has 0 fully saturated rings. The smallest absolute Gasteiger partial charge is 0.284 e. The van der Waals surface area contributed by atoms with E-state index in [1.807, 2.05) is 11.8 Å². The van der Waals surface area contributed by atoms with Gasteiger partial charge in [-0.1, -0.05) is 38.1 Å². The molecule has 1 N–H and O–H groups in total. The molecule has 0 aliphatic carbocycles. The van der Waals surface area contributed by atoms with Gasteiger partial charge in [-0.2, -0.15) is 11.8 Å². The van der Waals surface area contributed by atoms with Crippen LogP contribution in [0.1, 0.15) is 36.8 Å². The zero-order valence-electron chi connectivity index (χ0n) is 11.2. The zero-order valence-corrected chi connectivity index (χ0v) is 12.8. The van der Waals surface area contributed by atoms with Gasteiger partial charge < -0.3 is 4.42 Å². The molecular formula is C14H18N2OS2. The molecule has 0 bridgehead atoms. The van der Waals surface area contributed by atoms with Gasteiger partial charge >= 0.3 is 0 Å². The van der Waals surface area contributed by atoms with Crippen molar-refractivity contribution in [3.05, 3.63) is 46.1 Å². The summed E-state index contributed by atoms with van der Waals surface area (Å²) in [6.07, 6.45) is 1.07. The van der Waals surface area contributed by atoms with E-state index in [0.717, 1.165) is 17.9 Å². The van der Waals surface area contributed by atoms with E-state index >= 15 is 0 Å². The summed E-state index contributed by atoms with van der Waals surface area (Å²) in [5, 5.41) is 6.63. The summed E-state index contributed by atoms with van der Waals surface area (Å²) in [5.41, 5.74) is 2.88. The number of hydrogen-bond acceptors (Lipinski definition) is 4. The number of aromatic nitrogens is 2. The Labute approximate surface area is 122 Å². The van der Waals surface area contributed by atoms with Crippen LogP contribution in [0.15, 0.2) is 28.7 Å². The number of aromatic amines is 1. The molecule has 0 aliphatic rings. The molecule has 0 saturated heterocycles. The van der Waals surface area contributed by atoms with E-state index in [2.05, 4.69) is 48.3 Å². The number of rotatable bonds is 6. The maximum Gasteiger partial charge on any atom is 0.284 e. The molecule has 102 valence electrons. The summed E-state index contributed by atoms with van der Waals surface area (Å²) in [5.74, 6) is 3.06. The van der Waals surface area contributed by atoms with Gasteiger partial charge in [0.2, 0.25) is 5.89 Å². The molecule has 2 aromatic rings. The van der Waals surface area contributed by atoms with Crippen molar-refractivity contribution in [3.8, 4) is 0 Å². The molecule has 0 spiro atoms. The third kappa shape index (κ3) is 4.21. The van der Waals surface area contributed by atoms with E-state index in [9.17, 15) is 0 Å². The molecular weight excluding hydrogens is 276 g/mol. The number of nitrogens with one attached hydrogen (secondary N) is 1. The van der Waals surface area contributed by atoms with E-state index < -0.39 is 0 Å². The first-order chi connectivity index (χ1) is 9.16. The van der Waals surface area contributed by atoms with Crippen molar-refractivity contribution in [1.29, 1.82) is 0 Å². The standard InChI is InChI=1S/C14H18N2OS2/c1-10(2)12-6-4-3-5-11(12)7-8-19-9-13-15-16-14(18)17-13/h3-6,10H,7-9H2,1-2H3,(H,16,18). The molecule has 0 aliphatic heterocycles. The highest BCUT2D eigenvalue weighted by Crippen LogP contribution is 2.21.